The molecule has 1 aromatic rings. The van der Waals surface area contributed by atoms with E-state index in [-0.39, 0.29) is 0 Å². The second-order valence-corrected chi connectivity index (χ2v) is 3.66. The summed E-state index contributed by atoms with van der Waals surface area (Å²) < 4.78 is 0. The minimum atomic E-state index is 0.312. The van der Waals surface area contributed by atoms with Gasteiger partial charge in [0.25, 0.3) is 0 Å². The van der Waals surface area contributed by atoms with Crippen molar-refractivity contribution in [3.8, 4) is 0 Å². The Hall–Kier alpha value is -0.450. The molecule has 0 saturated carbocycles. The lowest BCUT2D eigenvalue weighted by molar-refractivity contribution is 0.283. The molecule has 1 aromatic heterocycles. The van der Waals surface area contributed by atoms with Gasteiger partial charge in [-0.05, 0) is 25.8 Å². The summed E-state index contributed by atoms with van der Waals surface area (Å²) in [6.07, 6.45) is 3.14. The van der Waals surface area contributed by atoms with E-state index in [1.54, 1.807) is 11.3 Å². The minimum Gasteiger partial charge on any atom is -0.396 e. The molecule has 0 fully saturated rings. The highest BCUT2D eigenvalue weighted by atomic mass is 32.1. The molecule has 0 aliphatic heterocycles. The van der Waals surface area contributed by atoms with Crippen LogP contribution in [0, 0.1) is 0 Å². The third kappa shape index (κ3) is 4.98. The summed E-state index contributed by atoms with van der Waals surface area (Å²) in [5.74, 6) is 0. The molecule has 13 heavy (non-hydrogen) atoms. The molecule has 4 heteroatoms. The molecule has 0 unspecified atom stereocenters. The zero-order chi connectivity index (χ0) is 9.36. The number of rotatable bonds is 7. The molecule has 0 bridgehead atoms. The summed E-state index contributed by atoms with van der Waals surface area (Å²) in [6.45, 7) is 2.19. The highest BCUT2D eigenvalue weighted by molar-refractivity contribution is 7.07. The van der Waals surface area contributed by atoms with Crippen LogP contribution < -0.4 is 5.32 Å². The zero-order valence-corrected chi connectivity index (χ0v) is 8.52. The Balaban J connectivity index is 1.90. The fraction of sp³-hybridized carbons (Fsp3) is 0.667. The first-order valence-corrected chi connectivity index (χ1v) is 5.56. The minimum absolute atomic E-state index is 0.312. The maximum Gasteiger partial charge on any atom is 0.0795 e. The summed E-state index contributed by atoms with van der Waals surface area (Å²) in [5.41, 5.74) is 2.97. The third-order valence-electron chi connectivity index (χ3n) is 1.80. The van der Waals surface area contributed by atoms with Gasteiger partial charge in [-0.3, -0.25) is 0 Å². The highest BCUT2D eigenvalue weighted by Crippen LogP contribution is 2.00. The molecule has 0 atom stereocenters. The normalized spacial score (nSPS) is 10.5. The van der Waals surface area contributed by atoms with Gasteiger partial charge in [-0.15, -0.1) is 11.3 Å². The molecule has 0 saturated heterocycles. The van der Waals surface area contributed by atoms with Gasteiger partial charge in [0.1, 0.15) is 0 Å². The van der Waals surface area contributed by atoms with Crippen molar-refractivity contribution < 1.29 is 5.11 Å². The number of aliphatic hydroxyl groups excluding tert-OH is 1. The molecule has 0 aliphatic carbocycles. The summed E-state index contributed by atoms with van der Waals surface area (Å²) >= 11 is 1.63. The van der Waals surface area contributed by atoms with Crippen molar-refractivity contribution in [2.75, 3.05) is 13.2 Å². The van der Waals surface area contributed by atoms with Crippen LogP contribution in [-0.4, -0.2) is 23.2 Å². The van der Waals surface area contributed by atoms with E-state index in [1.807, 2.05) is 5.51 Å². The van der Waals surface area contributed by atoms with Crippen LogP contribution in [0.4, 0.5) is 0 Å². The van der Waals surface area contributed by atoms with Crippen LogP contribution in [0.2, 0.25) is 0 Å². The Kier molecular flexibility index (Phi) is 5.73. The Morgan fingerprint density at radius 1 is 1.38 bits per heavy atom. The molecule has 1 rings (SSSR count). The molecule has 0 aliphatic rings. The van der Waals surface area contributed by atoms with E-state index in [2.05, 4.69) is 15.7 Å². The van der Waals surface area contributed by atoms with Gasteiger partial charge in [-0.1, -0.05) is 0 Å². The SMILES string of the molecule is OCCCCCNCc1cscn1. The Bertz CT molecular complexity index is 201. The highest BCUT2D eigenvalue weighted by Gasteiger charge is 1.93. The van der Waals surface area contributed by atoms with E-state index in [0.29, 0.717) is 6.61 Å². The van der Waals surface area contributed by atoms with Crippen molar-refractivity contribution in [3.63, 3.8) is 0 Å². The molecular formula is C9H16N2OS. The van der Waals surface area contributed by atoms with Crippen molar-refractivity contribution in [2.45, 2.75) is 25.8 Å². The van der Waals surface area contributed by atoms with Gasteiger partial charge in [-0.25, -0.2) is 4.98 Å². The summed E-state index contributed by atoms with van der Waals surface area (Å²) in [5, 5.41) is 13.9. The second-order valence-electron chi connectivity index (χ2n) is 2.94. The van der Waals surface area contributed by atoms with Crippen LogP contribution in [0.25, 0.3) is 0 Å². The number of thiazole rings is 1. The number of hydrogen-bond acceptors (Lipinski definition) is 4. The number of hydrogen-bond donors (Lipinski definition) is 2. The van der Waals surface area contributed by atoms with Crippen LogP contribution in [0.5, 0.6) is 0 Å². The van der Waals surface area contributed by atoms with Crippen molar-refractivity contribution in [1.82, 2.24) is 10.3 Å². The predicted octanol–water partition coefficient (Wildman–Crippen LogP) is 1.40. The molecule has 0 aromatic carbocycles. The van der Waals surface area contributed by atoms with Gasteiger partial charge in [0.15, 0.2) is 0 Å². The molecular weight excluding hydrogens is 184 g/mol. The number of nitrogens with one attached hydrogen (secondary N) is 1. The smallest absolute Gasteiger partial charge is 0.0795 e. The lowest BCUT2D eigenvalue weighted by Crippen LogP contribution is -2.14. The molecule has 74 valence electrons. The molecule has 0 radical (unpaired) electrons. The lowest BCUT2D eigenvalue weighted by atomic mass is 10.2. The Labute approximate surface area is 82.8 Å². The van der Waals surface area contributed by atoms with Gasteiger partial charge in [-0.2, -0.15) is 0 Å². The number of unbranched alkanes of at least 4 members (excludes halogenated alkanes) is 2. The van der Waals surface area contributed by atoms with Crippen LogP contribution >= 0.6 is 11.3 Å². The van der Waals surface area contributed by atoms with Gasteiger partial charge < -0.3 is 10.4 Å². The van der Waals surface area contributed by atoms with Gasteiger partial charge in [0, 0.05) is 18.5 Å². The third-order valence-corrected chi connectivity index (χ3v) is 2.44. The topological polar surface area (TPSA) is 45.1 Å². The average Bonchev–Trinajstić information content (AvgIpc) is 2.63. The largest absolute Gasteiger partial charge is 0.396 e. The summed E-state index contributed by atoms with van der Waals surface area (Å²) in [4.78, 5) is 4.17. The van der Waals surface area contributed by atoms with Gasteiger partial charge in [0.05, 0.1) is 11.2 Å². The van der Waals surface area contributed by atoms with Gasteiger partial charge >= 0.3 is 0 Å². The van der Waals surface area contributed by atoms with Crippen LogP contribution in [-0.2, 0) is 6.54 Å². The van der Waals surface area contributed by atoms with Crippen molar-refractivity contribution in [2.24, 2.45) is 0 Å². The van der Waals surface area contributed by atoms with E-state index in [9.17, 15) is 0 Å². The average molecular weight is 200 g/mol. The number of nitrogens with zero attached hydrogens (tertiary/aromatic N) is 1. The maximum atomic E-state index is 8.54. The standard InChI is InChI=1S/C9H16N2OS/c12-5-3-1-2-4-10-6-9-7-13-8-11-9/h7-8,10,12H,1-6H2. The molecule has 2 N–H and O–H groups in total. The van der Waals surface area contributed by atoms with E-state index >= 15 is 0 Å². The predicted molar refractivity (Wildman–Crippen MR) is 54.8 cm³/mol. The van der Waals surface area contributed by atoms with Crippen LogP contribution in [0.3, 0.4) is 0 Å². The fourth-order valence-electron chi connectivity index (χ4n) is 1.08. The van der Waals surface area contributed by atoms with E-state index in [1.165, 1.54) is 0 Å². The van der Waals surface area contributed by atoms with E-state index in [4.69, 9.17) is 5.11 Å². The van der Waals surface area contributed by atoms with E-state index in [0.717, 1.165) is 38.0 Å². The van der Waals surface area contributed by atoms with Crippen molar-refractivity contribution in [3.05, 3.63) is 16.6 Å². The van der Waals surface area contributed by atoms with Crippen molar-refractivity contribution in [1.29, 1.82) is 0 Å². The zero-order valence-electron chi connectivity index (χ0n) is 7.70. The quantitative estimate of drug-likeness (QED) is 0.654. The van der Waals surface area contributed by atoms with E-state index < -0.39 is 0 Å². The Morgan fingerprint density at radius 3 is 3.00 bits per heavy atom. The van der Waals surface area contributed by atoms with Crippen LogP contribution in [0.15, 0.2) is 10.9 Å². The lowest BCUT2D eigenvalue weighted by Gasteiger charge is -2.01. The molecule has 1 heterocycles. The number of aliphatic hydroxyl groups is 1. The second kappa shape index (κ2) is 7.00. The summed E-state index contributed by atoms with van der Waals surface area (Å²) in [6, 6.07) is 0. The molecule has 0 spiro atoms. The molecule has 0 amide bonds. The molecule has 3 nitrogen and oxygen atoms in total. The Morgan fingerprint density at radius 2 is 2.31 bits per heavy atom. The number of aromatic nitrogens is 1. The maximum absolute atomic E-state index is 8.54. The van der Waals surface area contributed by atoms with Crippen molar-refractivity contribution >= 4 is 11.3 Å². The first-order valence-electron chi connectivity index (χ1n) is 4.62. The fourth-order valence-corrected chi connectivity index (χ4v) is 1.64. The first kappa shape index (κ1) is 10.6. The first-order chi connectivity index (χ1) is 6.43. The monoisotopic (exact) mass is 200 g/mol. The van der Waals surface area contributed by atoms with Crippen LogP contribution in [0.1, 0.15) is 25.0 Å². The summed E-state index contributed by atoms with van der Waals surface area (Å²) in [7, 11) is 0. The van der Waals surface area contributed by atoms with Gasteiger partial charge in [0.2, 0.25) is 0 Å².